The number of likely N-dealkylation sites (N-methyl/N-ethyl adjacent to an activating group) is 2. The summed E-state index contributed by atoms with van der Waals surface area (Å²) in [7, 11) is -0.928. The molecule has 0 unspecified atom stereocenters. The third-order valence-corrected chi connectivity index (χ3v) is 7.18. The first-order chi connectivity index (χ1) is 14.5. The SMILES string of the molecule is CCOc1ccccc1NC(=O)CN(C)S(=O)(=O)c1ccc2c(c1)C(C)(C)C(=O)N2C. The van der Waals surface area contributed by atoms with Gasteiger partial charge in [0.15, 0.2) is 0 Å². The molecule has 1 heterocycles. The number of hydrogen-bond acceptors (Lipinski definition) is 5. The molecule has 1 N–H and O–H groups in total. The predicted octanol–water partition coefficient (Wildman–Crippen LogP) is 2.60. The van der Waals surface area contributed by atoms with E-state index in [2.05, 4.69) is 5.32 Å². The lowest BCUT2D eigenvalue weighted by Gasteiger charge is -2.20. The maximum Gasteiger partial charge on any atom is 0.243 e. The molecule has 9 heteroatoms. The van der Waals surface area contributed by atoms with Crippen molar-refractivity contribution in [1.82, 2.24) is 4.31 Å². The van der Waals surface area contributed by atoms with Crippen LogP contribution in [0.5, 0.6) is 5.75 Å². The molecule has 0 saturated carbocycles. The van der Waals surface area contributed by atoms with Gasteiger partial charge in [0, 0.05) is 19.8 Å². The Balaban J connectivity index is 1.80. The van der Waals surface area contributed by atoms with Crippen LogP contribution < -0.4 is 15.0 Å². The quantitative estimate of drug-likeness (QED) is 0.707. The van der Waals surface area contributed by atoms with E-state index >= 15 is 0 Å². The second kappa shape index (κ2) is 8.32. The summed E-state index contributed by atoms with van der Waals surface area (Å²) in [6.07, 6.45) is 0. The van der Waals surface area contributed by atoms with E-state index in [9.17, 15) is 18.0 Å². The Bertz CT molecular complexity index is 1130. The lowest BCUT2D eigenvalue weighted by molar-refractivity contribution is -0.121. The zero-order chi connectivity index (χ0) is 23.0. The van der Waals surface area contributed by atoms with Gasteiger partial charge >= 0.3 is 0 Å². The molecule has 0 bridgehead atoms. The van der Waals surface area contributed by atoms with E-state index in [-0.39, 0.29) is 17.3 Å². The van der Waals surface area contributed by atoms with Gasteiger partial charge in [-0.05, 0) is 56.7 Å². The van der Waals surface area contributed by atoms with Gasteiger partial charge in [-0.25, -0.2) is 8.42 Å². The maximum absolute atomic E-state index is 13.1. The van der Waals surface area contributed by atoms with Crippen LogP contribution in [0.1, 0.15) is 26.3 Å². The number of para-hydroxylation sites is 2. The van der Waals surface area contributed by atoms with E-state index in [0.29, 0.717) is 29.3 Å². The molecule has 0 radical (unpaired) electrons. The van der Waals surface area contributed by atoms with Gasteiger partial charge in [-0.2, -0.15) is 4.31 Å². The molecule has 31 heavy (non-hydrogen) atoms. The average molecular weight is 446 g/mol. The third-order valence-electron chi connectivity index (χ3n) is 5.38. The van der Waals surface area contributed by atoms with Crippen molar-refractivity contribution in [2.75, 3.05) is 37.5 Å². The number of benzene rings is 2. The molecule has 2 amide bonds. The number of carbonyl (C=O) groups is 2. The van der Waals surface area contributed by atoms with Gasteiger partial charge in [0.25, 0.3) is 0 Å². The molecule has 1 aliphatic rings. The number of fused-ring (bicyclic) bond motifs is 1. The van der Waals surface area contributed by atoms with Crippen LogP contribution in [0, 0.1) is 0 Å². The van der Waals surface area contributed by atoms with Gasteiger partial charge in [-0.3, -0.25) is 9.59 Å². The lowest BCUT2D eigenvalue weighted by Crippen LogP contribution is -2.35. The highest BCUT2D eigenvalue weighted by Crippen LogP contribution is 2.41. The van der Waals surface area contributed by atoms with Crippen LogP contribution in [0.3, 0.4) is 0 Å². The first kappa shape index (κ1) is 22.8. The molecule has 3 rings (SSSR count). The number of anilines is 2. The lowest BCUT2D eigenvalue weighted by atomic mass is 9.86. The fourth-order valence-corrected chi connectivity index (χ4v) is 4.77. The molecule has 2 aromatic rings. The van der Waals surface area contributed by atoms with Gasteiger partial charge in [0.2, 0.25) is 21.8 Å². The number of ether oxygens (including phenoxy) is 1. The van der Waals surface area contributed by atoms with Gasteiger partial charge in [0.1, 0.15) is 5.75 Å². The van der Waals surface area contributed by atoms with Crippen molar-refractivity contribution in [3.05, 3.63) is 48.0 Å². The van der Waals surface area contributed by atoms with Crippen molar-refractivity contribution in [2.24, 2.45) is 0 Å². The summed E-state index contributed by atoms with van der Waals surface area (Å²) in [5.41, 5.74) is 0.974. The van der Waals surface area contributed by atoms with Crippen LogP contribution in [0.2, 0.25) is 0 Å². The normalized spacial score (nSPS) is 15.2. The van der Waals surface area contributed by atoms with Gasteiger partial charge in [-0.15, -0.1) is 0 Å². The van der Waals surface area contributed by atoms with Gasteiger partial charge < -0.3 is 15.0 Å². The number of nitrogens with one attached hydrogen (secondary N) is 1. The van der Waals surface area contributed by atoms with Crippen LogP contribution in [0.25, 0.3) is 0 Å². The molecule has 166 valence electrons. The Hall–Kier alpha value is -2.91. The molecule has 0 aromatic heterocycles. The molecular formula is C22H27N3O5S. The minimum Gasteiger partial charge on any atom is -0.492 e. The first-order valence-electron chi connectivity index (χ1n) is 9.90. The molecule has 1 aliphatic heterocycles. The fraction of sp³-hybridized carbons (Fsp3) is 0.364. The minimum atomic E-state index is -3.94. The number of rotatable bonds is 7. The average Bonchev–Trinajstić information content (AvgIpc) is 2.89. The van der Waals surface area contributed by atoms with Crippen LogP contribution in [0.4, 0.5) is 11.4 Å². The summed E-state index contributed by atoms with van der Waals surface area (Å²) < 4.78 is 32.6. The van der Waals surface area contributed by atoms with Crippen molar-refractivity contribution in [3.63, 3.8) is 0 Å². The molecule has 0 atom stereocenters. The Morgan fingerprint density at radius 1 is 1.19 bits per heavy atom. The molecule has 0 saturated heterocycles. The monoisotopic (exact) mass is 445 g/mol. The van der Waals surface area contributed by atoms with Crippen molar-refractivity contribution < 1.29 is 22.7 Å². The van der Waals surface area contributed by atoms with E-state index in [1.165, 1.54) is 24.1 Å². The minimum absolute atomic E-state index is 0.0347. The van der Waals surface area contributed by atoms with E-state index in [0.717, 1.165) is 4.31 Å². The first-order valence-corrected chi connectivity index (χ1v) is 11.3. The summed E-state index contributed by atoms with van der Waals surface area (Å²) in [4.78, 5) is 26.5. The number of hydrogen-bond donors (Lipinski definition) is 1. The van der Waals surface area contributed by atoms with Crippen molar-refractivity contribution in [3.8, 4) is 5.75 Å². The van der Waals surface area contributed by atoms with Gasteiger partial charge in [0.05, 0.1) is 29.1 Å². The van der Waals surface area contributed by atoms with Crippen LogP contribution >= 0.6 is 0 Å². The molecule has 0 fully saturated rings. The highest BCUT2D eigenvalue weighted by atomic mass is 32.2. The Morgan fingerprint density at radius 3 is 2.55 bits per heavy atom. The highest BCUT2D eigenvalue weighted by Gasteiger charge is 2.43. The maximum atomic E-state index is 13.1. The van der Waals surface area contributed by atoms with E-state index < -0.39 is 21.3 Å². The summed E-state index contributed by atoms with van der Waals surface area (Å²) in [6, 6.07) is 11.6. The zero-order valence-electron chi connectivity index (χ0n) is 18.3. The Morgan fingerprint density at radius 2 is 1.87 bits per heavy atom. The Labute approximate surface area is 182 Å². The second-order valence-corrected chi connectivity index (χ2v) is 9.95. The van der Waals surface area contributed by atoms with Crippen molar-refractivity contribution >= 4 is 33.2 Å². The molecule has 0 spiro atoms. The zero-order valence-corrected chi connectivity index (χ0v) is 19.1. The van der Waals surface area contributed by atoms with Crippen molar-refractivity contribution in [2.45, 2.75) is 31.1 Å². The van der Waals surface area contributed by atoms with Gasteiger partial charge in [-0.1, -0.05) is 12.1 Å². The molecular weight excluding hydrogens is 418 g/mol. The van der Waals surface area contributed by atoms with E-state index in [4.69, 9.17) is 4.74 Å². The number of carbonyl (C=O) groups excluding carboxylic acids is 2. The highest BCUT2D eigenvalue weighted by molar-refractivity contribution is 7.89. The van der Waals surface area contributed by atoms with E-state index in [1.807, 2.05) is 6.92 Å². The largest absolute Gasteiger partial charge is 0.492 e. The number of amides is 2. The summed E-state index contributed by atoms with van der Waals surface area (Å²) >= 11 is 0. The summed E-state index contributed by atoms with van der Waals surface area (Å²) in [6.45, 7) is 5.43. The second-order valence-electron chi connectivity index (χ2n) is 7.91. The van der Waals surface area contributed by atoms with E-state index in [1.54, 1.807) is 51.2 Å². The smallest absolute Gasteiger partial charge is 0.243 e. The number of nitrogens with zero attached hydrogens (tertiary/aromatic N) is 2. The molecule has 0 aliphatic carbocycles. The fourth-order valence-electron chi connectivity index (χ4n) is 3.62. The van der Waals surface area contributed by atoms with Crippen LogP contribution in [-0.2, 0) is 25.0 Å². The predicted molar refractivity (Wildman–Crippen MR) is 119 cm³/mol. The summed E-state index contributed by atoms with van der Waals surface area (Å²) in [5, 5.41) is 2.69. The van der Waals surface area contributed by atoms with Crippen LogP contribution in [-0.4, -0.2) is 51.8 Å². The van der Waals surface area contributed by atoms with Crippen LogP contribution in [0.15, 0.2) is 47.4 Å². The molecule has 8 nitrogen and oxygen atoms in total. The standard InChI is InChI=1S/C22H27N3O5S/c1-6-30-19-10-8-7-9-17(19)23-20(26)14-24(4)31(28,29)15-11-12-18-16(13-15)22(2,3)21(27)25(18)5/h7-13H,6,14H2,1-5H3,(H,23,26). The van der Waals surface area contributed by atoms with Crippen molar-refractivity contribution in [1.29, 1.82) is 0 Å². The summed E-state index contributed by atoms with van der Waals surface area (Å²) in [5.74, 6) is -0.0779. The Kier molecular flexibility index (Phi) is 6.11. The molecule has 2 aromatic carbocycles. The number of sulfonamides is 1. The topological polar surface area (TPSA) is 96.0 Å². The third kappa shape index (κ3) is 4.15.